The molecule has 1 aliphatic heterocycles. The Labute approximate surface area is 180 Å². The number of carbonyl (C=O) groups excluding carboxylic acids is 3. The Bertz CT molecular complexity index is 1090. The number of nitrogens with zero attached hydrogens (tertiary/aromatic N) is 2. The van der Waals surface area contributed by atoms with Crippen LogP contribution in [0, 0.1) is 0 Å². The van der Waals surface area contributed by atoms with Gasteiger partial charge in [0.2, 0.25) is 10.0 Å². The molecule has 31 heavy (non-hydrogen) atoms. The predicted molar refractivity (Wildman–Crippen MR) is 114 cm³/mol. The van der Waals surface area contributed by atoms with Crippen molar-refractivity contribution >= 4 is 33.5 Å². The molecule has 10 heteroatoms. The SMILES string of the molecule is CC(=O)Oc1cccc(C(=O)N2CCN(C(=O)c3ccc(NS(C)(=O)=O)cc3)CC2)c1. The van der Waals surface area contributed by atoms with E-state index in [1.165, 1.54) is 25.1 Å². The van der Waals surface area contributed by atoms with Crippen molar-refractivity contribution in [2.45, 2.75) is 6.92 Å². The highest BCUT2D eigenvalue weighted by molar-refractivity contribution is 7.92. The highest BCUT2D eigenvalue weighted by atomic mass is 32.2. The number of ether oxygens (including phenoxy) is 1. The van der Waals surface area contributed by atoms with Crippen molar-refractivity contribution in [2.75, 3.05) is 37.2 Å². The zero-order valence-electron chi connectivity index (χ0n) is 17.2. The number of benzene rings is 2. The monoisotopic (exact) mass is 445 g/mol. The van der Waals surface area contributed by atoms with Crippen LogP contribution in [-0.4, -0.2) is 68.4 Å². The molecule has 1 N–H and O–H groups in total. The van der Waals surface area contributed by atoms with E-state index < -0.39 is 16.0 Å². The lowest BCUT2D eigenvalue weighted by Gasteiger charge is -2.35. The second-order valence-electron chi connectivity index (χ2n) is 7.16. The molecule has 1 fully saturated rings. The van der Waals surface area contributed by atoms with E-state index in [4.69, 9.17) is 4.74 Å². The summed E-state index contributed by atoms with van der Waals surface area (Å²) in [5.41, 5.74) is 1.23. The molecule has 0 unspecified atom stereocenters. The van der Waals surface area contributed by atoms with Crippen LogP contribution < -0.4 is 9.46 Å². The maximum absolute atomic E-state index is 12.8. The van der Waals surface area contributed by atoms with Crippen LogP contribution in [0.25, 0.3) is 0 Å². The summed E-state index contributed by atoms with van der Waals surface area (Å²) < 4.78 is 29.9. The number of anilines is 1. The summed E-state index contributed by atoms with van der Waals surface area (Å²) in [6, 6.07) is 12.6. The van der Waals surface area contributed by atoms with Crippen LogP contribution in [0.2, 0.25) is 0 Å². The number of nitrogens with one attached hydrogen (secondary N) is 1. The third-order valence-corrected chi connectivity index (χ3v) is 5.24. The van der Waals surface area contributed by atoms with Gasteiger partial charge in [0.15, 0.2) is 0 Å². The minimum Gasteiger partial charge on any atom is -0.427 e. The van der Waals surface area contributed by atoms with Crippen molar-refractivity contribution in [2.24, 2.45) is 0 Å². The zero-order chi connectivity index (χ0) is 22.6. The van der Waals surface area contributed by atoms with E-state index >= 15 is 0 Å². The van der Waals surface area contributed by atoms with Crippen molar-refractivity contribution in [3.63, 3.8) is 0 Å². The number of hydrogen-bond donors (Lipinski definition) is 1. The fraction of sp³-hybridized carbons (Fsp3) is 0.286. The lowest BCUT2D eigenvalue weighted by atomic mass is 10.1. The van der Waals surface area contributed by atoms with Crippen molar-refractivity contribution in [1.29, 1.82) is 0 Å². The quantitative estimate of drug-likeness (QED) is 0.552. The van der Waals surface area contributed by atoms with Crippen molar-refractivity contribution in [3.8, 4) is 5.75 Å². The van der Waals surface area contributed by atoms with Crippen molar-refractivity contribution in [1.82, 2.24) is 9.80 Å². The van der Waals surface area contributed by atoms with Gasteiger partial charge in [0, 0.05) is 49.9 Å². The lowest BCUT2D eigenvalue weighted by molar-refractivity contribution is -0.131. The molecule has 0 bridgehead atoms. The first-order valence-electron chi connectivity index (χ1n) is 9.57. The largest absolute Gasteiger partial charge is 0.427 e. The molecule has 1 aliphatic rings. The van der Waals surface area contributed by atoms with Gasteiger partial charge in [-0.3, -0.25) is 19.1 Å². The van der Waals surface area contributed by atoms with E-state index in [0.717, 1.165) is 6.26 Å². The molecular formula is C21H23N3O6S. The number of sulfonamides is 1. The van der Waals surface area contributed by atoms with Crippen LogP contribution in [-0.2, 0) is 14.8 Å². The van der Waals surface area contributed by atoms with Crippen LogP contribution in [0.15, 0.2) is 48.5 Å². The number of piperazine rings is 1. The van der Waals surface area contributed by atoms with E-state index in [1.54, 1.807) is 40.1 Å². The number of amides is 2. The number of rotatable bonds is 5. The van der Waals surface area contributed by atoms with Gasteiger partial charge in [0.1, 0.15) is 5.75 Å². The number of esters is 1. The number of hydrogen-bond acceptors (Lipinski definition) is 6. The van der Waals surface area contributed by atoms with Gasteiger partial charge >= 0.3 is 5.97 Å². The van der Waals surface area contributed by atoms with Gasteiger partial charge < -0.3 is 14.5 Å². The van der Waals surface area contributed by atoms with E-state index in [1.807, 2.05) is 0 Å². The molecule has 0 spiro atoms. The van der Waals surface area contributed by atoms with E-state index in [-0.39, 0.29) is 11.8 Å². The Hall–Kier alpha value is -3.40. The predicted octanol–water partition coefficient (Wildman–Crippen LogP) is 1.58. The summed E-state index contributed by atoms with van der Waals surface area (Å²) in [7, 11) is -3.38. The third kappa shape index (κ3) is 6.05. The third-order valence-electron chi connectivity index (χ3n) is 4.63. The molecule has 2 aromatic rings. The topological polar surface area (TPSA) is 113 Å². The van der Waals surface area contributed by atoms with E-state index in [0.29, 0.717) is 48.7 Å². The minimum atomic E-state index is -3.38. The maximum Gasteiger partial charge on any atom is 0.308 e. The highest BCUT2D eigenvalue weighted by Gasteiger charge is 2.25. The molecule has 9 nitrogen and oxygen atoms in total. The Balaban J connectivity index is 1.59. The average molecular weight is 445 g/mol. The minimum absolute atomic E-state index is 0.185. The first-order chi connectivity index (χ1) is 14.6. The maximum atomic E-state index is 12.8. The second-order valence-corrected chi connectivity index (χ2v) is 8.91. The van der Waals surface area contributed by atoms with Crippen molar-refractivity contribution < 1.29 is 27.5 Å². The second kappa shape index (κ2) is 9.17. The van der Waals surface area contributed by atoms with Gasteiger partial charge in [-0.05, 0) is 42.5 Å². The summed E-state index contributed by atoms with van der Waals surface area (Å²) in [4.78, 5) is 39.9. The molecule has 0 radical (unpaired) electrons. The van der Waals surface area contributed by atoms with Crippen LogP contribution >= 0.6 is 0 Å². The van der Waals surface area contributed by atoms with Crippen LogP contribution in [0.5, 0.6) is 5.75 Å². The first-order valence-corrected chi connectivity index (χ1v) is 11.5. The Morgan fingerprint density at radius 1 is 0.871 bits per heavy atom. The summed E-state index contributed by atoms with van der Waals surface area (Å²) in [6.45, 7) is 2.78. The van der Waals surface area contributed by atoms with Crippen LogP contribution in [0.1, 0.15) is 27.6 Å². The first kappa shape index (κ1) is 22.3. The molecule has 0 aliphatic carbocycles. The molecule has 3 rings (SSSR count). The Kier molecular flexibility index (Phi) is 6.59. The Morgan fingerprint density at radius 3 is 1.94 bits per heavy atom. The smallest absolute Gasteiger partial charge is 0.308 e. The molecule has 164 valence electrons. The van der Waals surface area contributed by atoms with Gasteiger partial charge in [0.05, 0.1) is 6.26 Å². The molecule has 2 amide bonds. The summed E-state index contributed by atoms with van der Waals surface area (Å²) in [6.07, 6.45) is 1.06. The van der Waals surface area contributed by atoms with Crippen molar-refractivity contribution in [3.05, 3.63) is 59.7 Å². The molecule has 2 aromatic carbocycles. The van der Waals surface area contributed by atoms with E-state index in [9.17, 15) is 22.8 Å². The lowest BCUT2D eigenvalue weighted by Crippen LogP contribution is -2.50. The fourth-order valence-corrected chi connectivity index (χ4v) is 3.80. The normalized spacial score (nSPS) is 14.1. The van der Waals surface area contributed by atoms with Gasteiger partial charge in [0.25, 0.3) is 11.8 Å². The summed E-state index contributed by atoms with van der Waals surface area (Å²) >= 11 is 0. The van der Waals surface area contributed by atoms with Gasteiger partial charge in [-0.15, -0.1) is 0 Å². The Morgan fingerprint density at radius 2 is 1.42 bits per heavy atom. The average Bonchev–Trinajstić information content (AvgIpc) is 2.72. The molecule has 0 atom stereocenters. The van der Waals surface area contributed by atoms with E-state index in [2.05, 4.69) is 4.72 Å². The van der Waals surface area contributed by atoms with Gasteiger partial charge in [-0.2, -0.15) is 0 Å². The highest BCUT2D eigenvalue weighted by Crippen LogP contribution is 2.18. The molecule has 1 saturated heterocycles. The molecular weight excluding hydrogens is 422 g/mol. The number of carbonyl (C=O) groups is 3. The van der Waals surface area contributed by atoms with Crippen LogP contribution in [0.4, 0.5) is 5.69 Å². The summed E-state index contributed by atoms with van der Waals surface area (Å²) in [5, 5.41) is 0. The van der Waals surface area contributed by atoms with Gasteiger partial charge in [-0.25, -0.2) is 8.42 Å². The molecule has 1 heterocycles. The summed E-state index contributed by atoms with van der Waals surface area (Å²) in [5.74, 6) is -0.537. The molecule has 0 saturated carbocycles. The zero-order valence-corrected chi connectivity index (χ0v) is 18.0. The standard InChI is InChI=1S/C21H23N3O6S/c1-15(25)30-19-5-3-4-17(14-19)21(27)24-12-10-23(11-13-24)20(26)16-6-8-18(9-7-16)22-31(2,28)29/h3-9,14,22H,10-13H2,1-2H3. The fourth-order valence-electron chi connectivity index (χ4n) is 3.23. The molecule has 0 aromatic heterocycles. The van der Waals surface area contributed by atoms with Gasteiger partial charge in [-0.1, -0.05) is 6.07 Å². The van der Waals surface area contributed by atoms with Crippen LogP contribution in [0.3, 0.4) is 0 Å².